The number of aromatic nitrogens is 4. The molecule has 0 radical (unpaired) electrons. The summed E-state index contributed by atoms with van der Waals surface area (Å²) in [5.41, 5.74) is 5.89. The number of nitrogens with one attached hydrogen (secondary N) is 1. The second kappa shape index (κ2) is 8.16. The summed E-state index contributed by atoms with van der Waals surface area (Å²) < 4.78 is 4.13. The van der Waals surface area contributed by atoms with Crippen molar-refractivity contribution in [3.8, 4) is 34.4 Å². The number of nitriles is 2. The molecule has 7 nitrogen and oxygen atoms in total. The van der Waals surface area contributed by atoms with E-state index in [1.807, 2.05) is 48.3 Å². The van der Waals surface area contributed by atoms with Crippen LogP contribution < -0.4 is 0 Å². The van der Waals surface area contributed by atoms with E-state index in [-0.39, 0.29) is 6.04 Å². The number of carbonyl (C=O) groups is 1. The average Bonchev–Trinajstić information content (AvgIpc) is 3.37. The maximum Gasteiger partial charge on any atom is 0.138 e. The Balaban J connectivity index is 1.72. The molecule has 3 heterocycles. The zero-order valence-corrected chi connectivity index (χ0v) is 18.8. The fraction of sp³-hybridized carbons (Fsp3) is 0.240. The summed E-state index contributed by atoms with van der Waals surface area (Å²) in [5.74, 6) is 0.318. The molecule has 0 aliphatic heterocycles. The number of hydrogen-bond donors (Lipinski definition) is 1. The smallest absolute Gasteiger partial charge is 0.138 e. The molecule has 1 aliphatic carbocycles. The fourth-order valence-corrected chi connectivity index (χ4v) is 4.97. The molecule has 1 aromatic carbocycles. The Morgan fingerprint density at radius 2 is 1.88 bits per heavy atom. The SMILES string of the molecule is Cc1c(-c2cc(-c3ccccc3C#N)c3c(C#N)c(=S)[nH]n3c2)cnn1C1CCC(=O)CC1. The molecule has 8 heteroatoms. The van der Waals surface area contributed by atoms with Crippen LogP contribution in [0, 0.1) is 34.2 Å². The van der Waals surface area contributed by atoms with Crippen molar-refractivity contribution in [1.82, 2.24) is 19.4 Å². The number of carbonyl (C=O) groups excluding carboxylic acids is 1. The Morgan fingerprint density at radius 3 is 2.61 bits per heavy atom. The summed E-state index contributed by atoms with van der Waals surface area (Å²) in [6.07, 6.45) is 6.54. The number of Topliss-reactive ketones (excluding diaryl/α,β-unsaturated/α-hetero) is 1. The van der Waals surface area contributed by atoms with Crippen LogP contribution >= 0.6 is 12.2 Å². The molecule has 1 aliphatic rings. The fourth-order valence-electron chi connectivity index (χ4n) is 4.73. The van der Waals surface area contributed by atoms with E-state index in [0.717, 1.165) is 40.8 Å². The van der Waals surface area contributed by atoms with E-state index in [0.29, 0.717) is 39.9 Å². The van der Waals surface area contributed by atoms with Gasteiger partial charge in [0.15, 0.2) is 0 Å². The minimum absolute atomic E-state index is 0.210. The number of ketones is 1. The molecule has 4 aromatic rings. The second-order valence-electron chi connectivity index (χ2n) is 8.30. The molecular weight excluding hydrogens is 432 g/mol. The van der Waals surface area contributed by atoms with Gasteiger partial charge in [0.25, 0.3) is 0 Å². The molecule has 1 fully saturated rings. The van der Waals surface area contributed by atoms with Crippen molar-refractivity contribution in [2.45, 2.75) is 38.6 Å². The predicted octanol–water partition coefficient (Wildman–Crippen LogP) is 5.26. The molecule has 162 valence electrons. The number of fused-ring (bicyclic) bond motifs is 1. The summed E-state index contributed by atoms with van der Waals surface area (Å²) >= 11 is 5.40. The normalized spacial score (nSPS) is 14.3. The van der Waals surface area contributed by atoms with E-state index < -0.39 is 0 Å². The van der Waals surface area contributed by atoms with Crippen LogP contribution in [0.2, 0.25) is 0 Å². The summed E-state index contributed by atoms with van der Waals surface area (Å²) in [7, 11) is 0. The minimum atomic E-state index is 0.210. The Morgan fingerprint density at radius 1 is 1.12 bits per heavy atom. The lowest BCUT2D eigenvalue weighted by atomic mass is 9.94. The molecular formula is C25H20N6OS. The Hall–Kier alpha value is -4.01. The highest BCUT2D eigenvalue weighted by molar-refractivity contribution is 7.71. The zero-order chi connectivity index (χ0) is 23.1. The van der Waals surface area contributed by atoms with Gasteiger partial charge in [-0.05, 0) is 31.9 Å². The van der Waals surface area contributed by atoms with E-state index in [1.54, 1.807) is 10.6 Å². The summed E-state index contributed by atoms with van der Waals surface area (Å²) in [5, 5.41) is 27.2. The number of H-pyrrole nitrogens is 1. The standard InChI is InChI=1S/C25H20N6OS/c1-15-23(13-28-31(15)18-6-8-19(32)9-7-18)17-10-21(20-5-3-2-4-16(20)11-26)24-22(12-27)25(33)29-30(24)14-17/h2-5,10,13-14,18H,6-9H2,1H3,(H,29,33). The van der Waals surface area contributed by atoms with Crippen molar-refractivity contribution >= 4 is 23.5 Å². The summed E-state index contributed by atoms with van der Waals surface area (Å²) in [4.78, 5) is 11.7. The third-order valence-corrected chi connectivity index (χ3v) is 6.71. The van der Waals surface area contributed by atoms with Crippen molar-refractivity contribution in [2.75, 3.05) is 0 Å². The van der Waals surface area contributed by atoms with Gasteiger partial charge in [-0.25, -0.2) is 0 Å². The highest BCUT2D eigenvalue weighted by Crippen LogP contribution is 2.36. The molecule has 0 amide bonds. The van der Waals surface area contributed by atoms with E-state index in [4.69, 9.17) is 12.2 Å². The van der Waals surface area contributed by atoms with Gasteiger partial charge in [0.05, 0.1) is 29.4 Å². The highest BCUT2D eigenvalue weighted by atomic mass is 32.1. The first-order valence-corrected chi connectivity index (χ1v) is 11.2. The van der Waals surface area contributed by atoms with Gasteiger partial charge in [-0.1, -0.05) is 30.4 Å². The first-order chi connectivity index (χ1) is 16.0. The third-order valence-electron chi connectivity index (χ3n) is 6.41. The van der Waals surface area contributed by atoms with Gasteiger partial charge in [-0.3, -0.25) is 19.1 Å². The molecule has 1 N–H and O–H groups in total. The van der Waals surface area contributed by atoms with Crippen LogP contribution in [0.1, 0.15) is 48.5 Å². The monoisotopic (exact) mass is 452 g/mol. The van der Waals surface area contributed by atoms with Crippen LogP contribution in [0.5, 0.6) is 0 Å². The largest absolute Gasteiger partial charge is 0.300 e. The zero-order valence-electron chi connectivity index (χ0n) is 18.0. The Kier molecular flexibility index (Phi) is 5.16. The summed E-state index contributed by atoms with van der Waals surface area (Å²) in [6.45, 7) is 2.03. The highest BCUT2D eigenvalue weighted by Gasteiger charge is 2.24. The second-order valence-corrected chi connectivity index (χ2v) is 8.71. The van der Waals surface area contributed by atoms with Crippen molar-refractivity contribution < 1.29 is 4.79 Å². The van der Waals surface area contributed by atoms with Gasteiger partial charge in [-0.15, -0.1) is 0 Å². The first-order valence-electron chi connectivity index (χ1n) is 10.8. The number of benzene rings is 1. The Labute approximate surface area is 195 Å². The van der Waals surface area contributed by atoms with E-state index in [9.17, 15) is 15.3 Å². The van der Waals surface area contributed by atoms with Gasteiger partial charge in [0, 0.05) is 47.0 Å². The van der Waals surface area contributed by atoms with Crippen molar-refractivity contribution in [2.24, 2.45) is 0 Å². The number of rotatable bonds is 3. The van der Waals surface area contributed by atoms with E-state index >= 15 is 0 Å². The number of hydrogen-bond acceptors (Lipinski definition) is 5. The summed E-state index contributed by atoms with van der Waals surface area (Å²) in [6, 6.07) is 14.0. The van der Waals surface area contributed by atoms with Crippen LogP contribution in [0.25, 0.3) is 27.8 Å². The van der Waals surface area contributed by atoms with Gasteiger partial charge in [0.2, 0.25) is 0 Å². The molecule has 1 saturated carbocycles. The number of aromatic amines is 1. The molecule has 0 saturated heterocycles. The molecule has 3 aromatic heterocycles. The molecule has 0 atom stereocenters. The maximum absolute atomic E-state index is 11.7. The van der Waals surface area contributed by atoms with E-state index in [1.165, 1.54) is 0 Å². The third kappa shape index (κ3) is 3.45. The van der Waals surface area contributed by atoms with Gasteiger partial charge >= 0.3 is 0 Å². The lowest BCUT2D eigenvalue weighted by molar-refractivity contribution is -0.120. The van der Waals surface area contributed by atoms with Gasteiger partial charge in [-0.2, -0.15) is 15.6 Å². The lowest BCUT2D eigenvalue weighted by Gasteiger charge is -2.23. The minimum Gasteiger partial charge on any atom is -0.300 e. The quantitative estimate of drug-likeness (QED) is 0.427. The average molecular weight is 453 g/mol. The molecule has 0 bridgehead atoms. The van der Waals surface area contributed by atoms with E-state index in [2.05, 4.69) is 22.3 Å². The van der Waals surface area contributed by atoms with Crippen LogP contribution in [0.15, 0.2) is 42.7 Å². The molecule has 33 heavy (non-hydrogen) atoms. The number of nitrogens with zero attached hydrogens (tertiary/aromatic N) is 5. The molecule has 0 unspecified atom stereocenters. The predicted molar refractivity (Wildman–Crippen MR) is 126 cm³/mol. The van der Waals surface area contributed by atoms with Gasteiger partial charge in [0.1, 0.15) is 22.1 Å². The van der Waals surface area contributed by atoms with Crippen LogP contribution in [-0.4, -0.2) is 25.2 Å². The van der Waals surface area contributed by atoms with Crippen molar-refractivity contribution in [3.63, 3.8) is 0 Å². The lowest BCUT2D eigenvalue weighted by Crippen LogP contribution is -2.19. The Bertz CT molecular complexity index is 1550. The maximum atomic E-state index is 11.7. The molecule has 5 rings (SSSR count). The number of pyridine rings is 1. The van der Waals surface area contributed by atoms with Crippen LogP contribution in [0.4, 0.5) is 0 Å². The van der Waals surface area contributed by atoms with Crippen LogP contribution in [0.3, 0.4) is 0 Å². The first kappa shape index (κ1) is 20.9. The molecule has 0 spiro atoms. The van der Waals surface area contributed by atoms with Gasteiger partial charge < -0.3 is 0 Å². The van der Waals surface area contributed by atoms with Crippen LogP contribution in [-0.2, 0) is 4.79 Å². The topological polar surface area (TPSA) is 103 Å². The van der Waals surface area contributed by atoms with Crippen molar-refractivity contribution in [1.29, 1.82) is 10.5 Å². The van der Waals surface area contributed by atoms with Crippen molar-refractivity contribution in [3.05, 3.63) is 64.2 Å².